The van der Waals surface area contributed by atoms with Crippen molar-refractivity contribution in [3.63, 3.8) is 0 Å². The highest BCUT2D eigenvalue weighted by atomic mass is 16.2. The Bertz CT molecular complexity index is 1120. The molecule has 1 amide bonds. The van der Waals surface area contributed by atoms with Crippen molar-refractivity contribution < 1.29 is 4.79 Å². The highest BCUT2D eigenvalue weighted by Gasteiger charge is 2.26. The highest BCUT2D eigenvalue weighted by molar-refractivity contribution is 5.84. The molecule has 2 aromatic heterocycles. The van der Waals surface area contributed by atoms with Gasteiger partial charge in [-0.05, 0) is 64.5 Å². The Kier molecular flexibility index (Phi) is 5.45. The molecule has 1 saturated carbocycles. The number of nitrogens with one attached hydrogen (secondary N) is 1. The zero-order valence-electron chi connectivity index (χ0n) is 18.1. The molecule has 0 bridgehead atoms. The van der Waals surface area contributed by atoms with E-state index in [1.807, 2.05) is 44.2 Å². The molecular weight excluding hydrogens is 378 g/mol. The number of carbonyl (C=O) groups is 1. The molecule has 0 saturated heterocycles. The largest absolute Gasteiger partial charge is 0.352 e. The van der Waals surface area contributed by atoms with Gasteiger partial charge in [-0.3, -0.25) is 9.59 Å². The number of nitrogens with zero attached hydrogens (tertiary/aromatic N) is 4. The minimum atomic E-state index is -0.692. The number of rotatable bonds is 4. The molecule has 3 aromatic rings. The van der Waals surface area contributed by atoms with Gasteiger partial charge in [0.1, 0.15) is 6.04 Å². The Labute approximate surface area is 176 Å². The topological polar surface area (TPSA) is 81.8 Å². The van der Waals surface area contributed by atoms with Gasteiger partial charge in [0.2, 0.25) is 5.91 Å². The Morgan fingerprint density at radius 3 is 2.43 bits per heavy atom. The van der Waals surface area contributed by atoms with Gasteiger partial charge < -0.3 is 5.32 Å². The first kappa shape index (κ1) is 20.3. The molecule has 0 aliphatic heterocycles. The Balaban J connectivity index is 1.67. The minimum absolute atomic E-state index is 0.165. The fraction of sp³-hybridized carbons (Fsp3) is 0.478. The molecular formula is C23H29N5O2. The van der Waals surface area contributed by atoms with Crippen molar-refractivity contribution in [2.75, 3.05) is 0 Å². The lowest BCUT2D eigenvalue weighted by atomic mass is 9.87. The number of hydrogen-bond acceptors (Lipinski definition) is 4. The van der Waals surface area contributed by atoms with E-state index < -0.39 is 6.04 Å². The Morgan fingerprint density at radius 1 is 1.10 bits per heavy atom. The van der Waals surface area contributed by atoms with Crippen LogP contribution in [0.15, 0.2) is 35.1 Å². The third kappa shape index (κ3) is 3.64. The summed E-state index contributed by atoms with van der Waals surface area (Å²) < 4.78 is 3.04. The van der Waals surface area contributed by atoms with Gasteiger partial charge in [0, 0.05) is 6.04 Å². The highest BCUT2D eigenvalue weighted by Crippen LogP contribution is 2.24. The normalized spacial score (nSPS) is 20.3. The summed E-state index contributed by atoms with van der Waals surface area (Å²) in [6.07, 6.45) is 4.22. The summed E-state index contributed by atoms with van der Waals surface area (Å²) in [5.41, 5.74) is 2.44. The van der Waals surface area contributed by atoms with Crippen LogP contribution in [0.5, 0.6) is 0 Å². The first-order chi connectivity index (χ1) is 14.4. The third-order valence-electron chi connectivity index (χ3n) is 6.26. The van der Waals surface area contributed by atoms with Crippen molar-refractivity contribution in [1.82, 2.24) is 24.9 Å². The second-order valence-corrected chi connectivity index (χ2v) is 8.53. The second kappa shape index (κ2) is 8.05. The van der Waals surface area contributed by atoms with Crippen LogP contribution in [0.4, 0.5) is 0 Å². The van der Waals surface area contributed by atoms with Crippen molar-refractivity contribution in [1.29, 1.82) is 0 Å². The van der Waals surface area contributed by atoms with Crippen LogP contribution in [-0.2, 0) is 4.79 Å². The third-order valence-corrected chi connectivity index (χ3v) is 6.26. The number of para-hydroxylation sites is 1. The number of benzene rings is 1. The lowest BCUT2D eigenvalue weighted by Gasteiger charge is -2.28. The summed E-state index contributed by atoms with van der Waals surface area (Å²) in [4.78, 5) is 26.1. The van der Waals surface area contributed by atoms with E-state index in [0.29, 0.717) is 17.1 Å². The molecule has 0 unspecified atom stereocenters. The number of amides is 1. The molecule has 30 heavy (non-hydrogen) atoms. The quantitative estimate of drug-likeness (QED) is 0.718. The van der Waals surface area contributed by atoms with Crippen LogP contribution in [0.25, 0.3) is 16.6 Å². The maximum Gasteiger partial charge on any atom is 0.295 e. The molecule has 1 N–H and O–H groups in total. The molecule has 7 heteroatoms. The summed E-state index contributed by atoms with van der Waals surface area (Å²) >= 11 is 0. The fourth-order valence-corrected chi connectivity index (χ4v) is 4.37. The summed E-state index contributed by atoms with van der Waals surface area (Å²) in [5.74, 6) is 0.551. The van der Waals surface area contributed by atoms with E-state index >= 15 is 0 Å². The van der Waals surface area contributed by atoms with Crippen LogP contribution < -0.4 is 10.9 Å². The van der Waals surface area contributed by atoms with Gasteiger partial charge in [-0.25, -0.2) is 9.36 Å². The first-order valence-corrected chi connectivity index (χ1v) is 10.7. The molecule has 2 heterocycles. The van der Waals surface area contributed by atoms with E-state index in [-0.39, 0.29) is 17.5 Å². The average molecular weight is 408 g/mol. The number of fused-ring (bicyclic) bond motifs is 1. The Morgan fingerprint density at radius 2 is 1.77 bits per heavy atom. The maximum atomic E-state index is 13.2. The lowest BCUT2D eigenvalue weighted by molar-refractivity contribution is -0.125. The van der Waals surface area contributed by atoms with Crippen LogP contribution in [0.1, 0.15) is 57.0 Å². The van der Waals surface area contributed by atoms with Gasteiger partial charge in [0.15, 0.2) is 5.52 Å². The van der Waals surface area contributed by atoms with Crippen molar-refractivity contribution in [3.8, 4) is 5.69 Å². The van der Waals surface area contributed by atoms with Crippen LogP contribution in [-0.4, -0.2) is 31.5 Å². The summed E-state index contributed by atoms with van der Waals surface area (Å²) in [6.45, 7) is 7.76. The number of aromatic nitrogens is 4. The molecule has 1 atom stereocenters. The molecule has 1 aromatic carbocycles. The van der Waals surface area contributed by atoms with E-state index in [2.05, 4.69) is 22.4 Å². The van der Waals surface area contributed by atoms with Crippen LogP contribution in [0.2, 0.25) is 0 Å². The van der Waals surface area contributed by atoms with Crippen molar-refractivity contribution in [3.05, 3.63) is 52.1 Å². The predicted molar refractivity (Wildman–Crippen MR) is 117 cm³/mol. The molecule has 1 aliphatic rings. The SMILES string of the molecule is Cc1nn([C@H](C)C(=O)NC2CCC(C)CC2)c(=O)c2nn(-c3ccccc3)c(C)c12. The first-order valence-electron chi connectivity index (χ1n) is 10.7. The van der Waals surface area contributed by atoms with Gasteiger partial charge in [-0.15, -0.1) is 0 Å². The van der Waals surface area contributed by atoms with Crippen molar-refractivity contribution >= 4 is 16.8 Å². The van der Waals surface area contributed by atoms with Gasteiger partial charge >= 0.3 is 0 Å². The predicted octanol–water partition coefficient (Wildman–Crippen LogP) is 3.45. The van der Waals surface area contributed by atoms with Crippen molar-refractivity contribution in [2.24, 2.45) is 5.92 Å². The van der Waals surface area contributed by atoms with E-state index in [0.717, 1.165) is 42.5 Å². The standard InChI is InChI=1S/C23H29N5O2/c1-14-10-12-18(13-11-14)24-22(29)17(4)28-23(30)21-20(15(2)25-28)16(3)27(26-21)19-8-6-5-7-9-19/h5-9,14,17-18H,10-13H2,1-4H3,(H,24,29)/t14?,17-,18?/m1/s1. The molecule has 1 aliphatic carbocycles. The van der Waals surface area contributed by atoms with Crippen LogP contribution in [0.3, 0.4) is 0 Å². The number of aryl methyl sites for hydroxylation is 2. The smallest absolute Gasteiger partial charge is 0.295 e. The summed E-state index contributed by atoms with van der Waals surface area (Å²) in [5, 5.41) is 12.9. The Hall–Kier alpha value is -2.96. The van der Waals surface area contributed by atoms with Crippen LogP contribution >= 0.6 is 0 Å². The van der Waals surface area contributed by atoms with E-state index in [4.69, 9.17) is 0 Å². The molecule has 0 radical (unpaired) electrons. The zero-order valence-corrected chi connectivity index (χ0v) is 18.1. The monoisotopic (exact) mass is 407 g/mol. The molecule has 1 fully saturated rings. The average Bonchev–Trinajstić information content (AvgIpc) is 3.10. The molecule has 7 nitrogen and oxygen atoms in total. The van der Waals surface area contributed by atoms with E-state index in [1.54, 1.807) is 11.6 Å². The fourth-order valence-electron chi connectivity index (χ4n) is 4.37. The maximum absolute atomic E-state index is 13.2. The van der Waals surface area contributed by atoms with E-state index in [9.17, 15) is 9.59 Å². The summed E-state index contributed by atoms with van der Waals surface area (Å²) in [6, 6.07) is 9.18. The number of carbonyl (C=O) groups excluding carboxylic acids is 1. The van der Waals surface area contributed by atoms with Gasteiger partial charge in [-0.1, -0.05) is 25.1 Å². The molecule has 0 spiro atoms. The number of hydrogen-bond donors (Lipinski definition) is 1. The van der Waals surface area contributed by atoms with Crippen LogP contribution in [0, 0.1) is 19.8 Å². The van der Waals surface area contributed by atoms with Gasteiger partial charge in [0.25, 0.3) is 5.56 Å². The van der Waals surface area contributed by atoms with Gasteiger partial charge in [-0.2, -0.15) is 10.2 Å². The molecule has 158 valence electrons. The van der Waals surface area contributed by atoms with Gasteiger partial charge in [0.05, 0.1) is 22.5 Å². The van der Waals surface area contributed by atoms with E-state index in [1.165, 1.54) is 4.68 Å². The lowest BCUT2D eigenvalue weighted by Crippen LogP contribution is -2.43. The second-order valence-electron chi connectivity index (χ2n) is 8.53. The van der Waals surface area contributed by atoms with Crippen molar-refractivity contribution in [2.45, 2.75) is 65.5 Å². The molecule has 4 rings (SSSR count). The summed E-state index contributed by atoms with van der Waals surface area (Å²) in [7, 11) is 0. The zero-order chi connectivity index (χ0) is 21.4. The minimum Gasteiger partial charge on any atom is -0.352 e.